The minimum Gasteiger partial charge on any atom is -0.496 e. The van der Waals surface area contributed by atoms with Crippen LogP contribution in [-0.2, 0) is 19.4 Å². The van der Waals surface area contributed by atoms with Crippen molar-refractivity contribution in [2.45, 2.75) is 19.4 Å². The van der Waals surface area contributed by atoms with Crippen molar-refractivity contribution in [2.24, 2.45) is 0 Å². The van der Waals surface area contributed by atoms with Gasteiger partial charge in [-0.2, -0.15) is 4.80 Å². The van der Waals surface area contributed by atoms with E-state index < -0.39 is 0 Å². The number of methoxy groups -OCH3 is 1. The van der Waals surface area contributed by atoms with Crippen LogP contribution in [0.5, 0.6) is 5.75 Å². The number of benzene rings is 1. The van der Waals surface area contributed by atoms with E-state index in [9.17, 15) is 0 Å². The van der Waals surface area contributed by atoms with Crippen LogP contribution in [-0.4, -0.2) is 39.0 Å². The molecule has 1 aromatic heterocycles. The first-order valence-electron chi connectivity index (χ1n) is 5.83. The fraction of sp³-hybridized carbons (Fsp3) is 0.417. The molecule has 0 atom stereocenters. The first-order chi connectivity index (χ1) is 8.83. The molecule has 18 heavy (non-hydrogen) atoms. The Morgan fingerprint density at radius 2 is 2.11 bits per heavy atom. The van der Waals surface area contributed by atoms with Crippen molar-refractivity contribution in [2.75, 3.05) is 13.7 Å². The average molecular weight is 248 g/mol. The van der Waals surface area contributed by atoms with E-state index in [1.165, 1.54) is 4.80 Å². The maximum Gasteiger partial charge on any atom is 0.175 e. The van der Waals surface area contributed by atoms with Crippen molar-refractivity contribution >= 4 is 0 Å². The molecule has 1 aromatic carbocycles. The zero-order chi connectivity index (χ0) is 12.8. The summed E-state index contributed by atoms with van der Waals surface area (Å²) in [4.78, 5) is 1.40. The van der Waals surface area contributed by atoms with Gasteiger partial charge in [0.05, 0.1) is 20.3 Å². The molecule has 0 amide bonds. The molecule has 0 saturated carbocycles. The number of nitrogens with zero attached hydrogens (tertiary/aromatic N) is 4. The summed E-state index contributed by atoms with van der Waals surface area (Å²) in [6.07, 6.45) is 1.50. The van der Waals surface area contributed by atoms with Crippen molar-refractivity contribution in [1.82, 2.24) is 20.2 Å². The standard InChI is InChI=1S/C12H16N4O2/c1-18-11-5-3-2-4-10(11)6-7-12-13-15-16(14-12)8-9-17/h2-5,17H,6-9H2,1H3. The summed E-state index contributed by atoms with van der Waals surface area (Å²) in [7, 11) is 1.66. The van der Waals surface area contributed by atoms with Crippen molar-refractivity contribution in [1.29, 1.82) is 0 Å². The molecule has 0 fully saturated rings. The van der Waals surface area contributed by atoms with Crippen LogP contribution >= 0.6 is 0 Å². The van der Waals surface area contributed by atoms with Crippen LogP contribution in [0.2, 0.25) is 0 Å². The van der Waals surface area contributed by atoms with E-state index in [4.69, 9.17) is 9.84 Å². The van der Waals surface area contributed by atoms with E-state index in [1.54, 1.807) is 7.11 Å². The van der Waals surface area contributed by atoms with Crippen molar-refractivity contribution in [3.8, 4) is 5.75 Å². The summed E-state index contributed by atoms with van der Waals surface area (Å²) in [5, 5.41) is 20.7. The Hall–Kier alpha value is -1.95. The number of hydrogen-bond acceptors (Lipinski definition) is 5. The average Bonchev–Trinajstić information content (AvgIpc) is 2.85. The number of para-hydroxylation sites is 1. The second-order valence-corrected chi connectivity index (χ2v) is 3.84. The minimum atomic E-state index is 0.0162. The normalized spacial score (nSPS) is 10.6. The van der Waals surface area contributed by atoms with Gasteiger partial charge in [-0.1, -0.05) is 18.2 Å². The number of hydrogen-bond donors (Lipinski definition) is 1. The molecule has 0 spiro atoms. The molecule has 6 nitrogen and oxygen atoms in total. The van der Waals surface area contributed by atoms with Crippen molar-refractivity contribution in [3.63, 3.8) is 0 Å². The van der Waals surface area contributed by atoms with Gasteiger partial charge in [-0.05, 0) is 23.3 Å². The Morgan fingerprint density at radius 3 is 2.89 bits per heavy atom. The molecule has 2 aromatic rings. The van der Waals surface area contributed by atoms with Crippen molar-refractivity contribution in [3.05, 3.63) is 35.7 Å². The number of aliphatic hydroxyl groups excluding tert-OH is 1. The molecule has 0 radical (unpaired) electrons. The summed E-state index contributed by atoms with van der Waals surface area (Å²) in [6, 6.07) is 7.88. The van der Waals surface area contributed by atoms with E-state index in [-0.39, 0.29) is 6.61 Å². The van der Waals surface area contributed by atoms with Gasteiger partial charge < -0.3 is 9.84 Å². The van der Waals surface area contributed by atoms with Gasteiger partial charge in [0.2, 0.25) is 0 Å². The Bertz CT molecular complexity index is 498. The van der Waals surface area contributed by atoms with Crippen LogP contribution in [0.4, 0.5) is 0 Å². The predicted molar refractivity (Wildman–Crippen MR) is 65.3 cm³/mol. The Labute approximate surface area is 105 Å². The van der Waals surface area contributed by atoms with Gasteiger partial charge in [0.25, 0.3) is 0 Å². The second kappa shape index (κ2) is 6.11. The maximum atomic E-state index is 8.76. The second-order valence-electron chi connectivity index (χ2n) is 3.84. The minimum absolute atomic E-state index is 0.0162. The zero-order valence-electron chi connectivity index (χ0n) is 10.3. The zero-order valence-corrected chi connectivity index (χ0v) is 10.3. The number of rotatable bonds is 6. The van der Waals surface area contributed by atoms with Crippen LogP contribution in [0, 0.1) is 0 Å². The molecule has 0 bridgehead atoms. The summed E-state index contributed by atoms with van der Waals surface area (Å²) in [5.41, 5.74) is 1.12. The third-order valence-corrected chi connectivity index (χ3v) is 2.60. The Morgan fingerprint density at radius 1 is 1.28 bits per heavy atom. The number of aliphatic hydroxyl groups is 1. The highest BCUT2D eigenvalue weighted by atomic mass is 16.5. The lowest BCUT2D eigenvalue weighted by molar-refractivity contribution is 0.259. The Kier molecular flexibility index (Phi) is 4.25. The van der Waals surface area contributed by atoms with E-state index in [2.05, 4.69) is 15.4 Å². The van der Waals surface area contributed by atoms with Crippen LogP contribution in [0.3, 0.4) is 0 Å². The van der Waals surface area contributed by atoms with Gasteiger partial charge >= 0.3 is 0 Å². The molecule has 6 heteroatoms. The number of tetrazole rings is 1. The lowest BCUT2D eigenvalue weighted by Gasteiger charge is -2.06. The largest absolute Gasteiger partial charge is 0.496 e. The summed E-state index contributed by atoms with van der Waals surface area (Å²) < 4.78 is 5.28. The molecule has 1 N–H and O–H groups in total. The molecule has 2 rings (SSSR count). The lowest BCUT2D eigenvalue weighted by Crippen LogP contribution is -2.06. The Balaban J connectivity index is 1.97. The number of aromatic nitrogens is 4. The van der Waals surface area contributed by atoms with E-state index >= 15 is 0 Å². The fourth-order valence-electron chi connectivity index (χ4n) is 1.72. The molecule has 0 unspecified atom stereocenters. The molecule has 0 saturated heterocycles. The molecule has 0 aliphatic carbocycles. The first kappa shape index (κ1) is 12.5. The molecule has 0 aliphatic rings. The molecule has 1 heterocycles. The highest BCUT2D eigenvalue weighted by Crippen LogP contribution is 2.18. The quantitative estimate of drug-likeness (QED) is 0.804. The van der Waals surface area contributed by atoms with E-state index in [0.717, 1.165) is 17.7 Å². The van der Waals surface area contributed by atoms with Gasteiger partial charge in [0, 0.05) is 6.42 Å². The molecule has 96 valence electrons. The molecular weight excluding hydrogens is 232 g/mol. The van der Waals surface area contributed by atoms with Gasteiger partial charge in [-0.15, -0.1) is 10.2 Å². The number of aryl methyl sites for hydroxylation is 2. The summed E-state index contributed by atoms with van der Waals surface area (Å²) in [6.45, 7) is 0.393. The van der Waals surface area contributed by atoms with Crippen LogP contribution in [0.1, 0.15) is 11.4 Å². The lowest BCUT2D eigenvalue weighted by atomic mass is 10.1. The van der Waals surface area contributed by atoms with Gasteiger partial charge in [0.1, 0.15) is 5.75 Å². The van der Waals surface area contributed by atoms with E-state index in [1.807, 2.05) is 24.3 Å². The monoisotopic (exact) mass is 248 g/mol. The van der Waals surface area contributed by atoms with Gasteiger partial charge in [0.15, 0.2) is 5.82 Å². The highest BCUT2D eigenvalue weighted by molar-refractivity contribution is 5.33. The molecular formula is C12H16N4O2. The number of ether oxygens (including phenoxy) is 1. The molecule has 0 aliphatic heterocycles. The topological polar surface area (TPSA) is 73.1 Å². The third kappa shape index (κ3) is 3.04. The predicted octanol–water partition coefficient (Wildman–Crippen LogP) is 0.459. The summed E-state index contributed by atoms with van der Waals surface area (Å²) >= 11 is 0. The SMILES string of the molecule is COc1ccccc1CCc1nnn(CCO)n1. The smallest absolute Gasteiger partial charge is 0.175 e. The van der Waals surface area contributed by atoms with Crippen LogP contribution < -0.4 is 4.74 Å². The van der Waals surface area contributed by atoms with Crippen LogP contribution in [0.25, 0.3) is 0 Å². The maximum absolute atomic E-state index is 8.76. The fourth-order valence-corrected chi connectivity index (χ4v) is 1.72. The van der Waals surface area contributed by atoms with E-state index in [0.29, 0.717) is 18.8 Å². The summed E-state index contributed by atoms with van der Waals surface area (Å²) in [5.74, 6) is 1.55. The van der Waals surface area contributed by atoms with Gasteiger partial charge in [-0.25, -0.2) is 0 Å². The highest BCUT2D eigenvalue weighted by Gasteiger charge is 2.06. The van der Waals surface area contributed by atoms with Crippen LogP contribution in [0.15, 0.2) is 24.3 Å². The third-order valence-electron chi connectivity index (χ3n) is 2.60. The van der Waals surface area contributed by atoms with Gasteiger partial charge in [-0.3, -0.25) is 0 Å². The van der Waals surface area contributed by atoms with Crippen molar-refractivity contribution < 1.29 is 9.84 Å². The first-order valence-corrected chi connectivity index (χ1v) is 5.83.